The van der Waals surface area contributed by atoms with Crippen LogP contribution in [0.3, 0.4) is 0 Å². The van der Waals surface area contributed by atoms with Gasteiger partial charge in [-0.3, -0.25) is 0 Å². The van der Waals surface area contributed by atoms with Gasteiger partial charge in [-0.25, -0.2) is 4.39 Å². The summed E-state index contributed by atoms with van der Waals surface area (Å²) in [5, 5.41) is 8.83. The van der Waals surface area contributed by atoms with Gasteiger partial charge < -0.3 is 4.57 Å². The predicted molar refractivity (Wildman–Crippen MR) is 73.0 cm³/mol. The Balaban J connectivity index is 2.66. The van der Waals surface area contributed by atoms with Crippen molar-refractivity contribution < 1.29 is 4.39 Å². The second kappa shape index (κ2) is 4.80. The second-order valence-electron chi connectivity index (χ2n) is 5.06. The van der Waals surface area contributed by atoms with Crippen LogP contribution in [-0.4, -0.2) is 14.8 Å². The molecular formula is C13H15BrFN3. The van der Waals surface area contributed by atoms with Crippen molar-refractivity contribution in [1.82, 2.24) is 14.8 Å². The van der Waals surface area contributed by atoms with Crippen LogP contribution in [0.25, 0.3) is 11.4 Å². The number of alkyl halides is 1. The molecule has 0 saturated carbocycles. The molecular weight excluding hydrogens is 297 g/mol. The van der Waals surface area contributed by atoms with Gasteiger partial charge in [0.25, 0.3) is 0 Å². The highest BCUT2D eigenvalue weighted by molar-refractivity contribution is 9.08. The van der Waals surface area contributed by atoms with E-state index in [2.05, 4.69) is 26.1 Å². The number of hydrogen-bond donors (Lipinski definition) is 0. The molecule has 0 amide bonds. The molecule has 0 aliphatic heterocycles. The Morgan fingerprint density at radius 2 is 1.89 bits per heavy atom. The van der Waals surface area contributed by atoms with Gasteiger partial charge in [0, 0.05) is 5.54 Å². The zero-order chi connectivity index (χ0) is 13.3. The van der Waals surface area contributed by atoms with Crippen LogP contribution in [0.15, 0.2) is 24.3 Å². The molecule has 0 aliphatic carbocycles. The molecule has 3 nitrogen and oxygen atoms in total. The van der Waals surface area contributed by atoms with Crippen molar-refractivity contribution in [1.29, 1.82) is 0 Å². The Bertz CT molecular complexity index is 558. The van der Waals surface area contributed by atoms with E-state index in [1.165, 1.54) is 6.07 Å². The minimum absolute atomic E-state index is 0.204. The van der Waals surface area contributed by atoms with E-state index >= 15 is 0 Å². The zero-order valence-electron chi connectivity index (χ0n) is 10.6. The van der Waals surface area contributed by atoms with Crippen molar-refractivity contribution in [3.05, 3.63) is 35.9 Å². The van der Waals surface area contributed by atoms with Crippen molar-refractivity contribution in [2.24, 2.45) is 0 Å². The Morgan fingerprint density at radius 3 is 2.44 bits per heavy atom. The summed E-state index contributed by atoms with van der Waals surface area (Å²) in [6, 6.07) is 6.63. The molecule has 2 rings (SSSR count). The third-order valence-electron chi connectivity index (χ3n) is 2.64. The quantitative estimate of drug-likeness (QED) is 0.791. The summed E-state index contributed by atoms with van der Waals surface area (Å²) in [7, 11) is 0. The highest BCUT2D eigenvalue weighted by atomic mass is 79.9. The molecule has 0 spiro atoms. The number of hydrogen-bond acceptors (Lipinski definition) is 2. The average Bonchev–Trinajstić information content (AvgIpc) is 2.73. The van der Waals surface area contributed by atoms with Crippen LogP contribution in [0.1, 0.15) is 26.6 Å². The predicted octanol–water partition coefficient (Wildman–Crippen LogP) is 3.73. The van der Waals surface area contributed by atoms with Crippen LogP contribution in [0.4, 0.5) is 4.39 Å². The maximum absolute atomic E-state index is 13.9. The van der Waals surface area contributed by atoms with E-state index in [1.54, 1.807) is 18.2 Å². The average molecular weight is 312 g/mol. The van der Waals surface area contributed by atoms with E-state index in [9.17, 15) is 4.39 Å². The summed E-state index contributed by atoms with van der Waals surface area (Å²) in [5.41, 5.74) is 0.275. The van der Waals surface area contributed by atoms with E-state index < -0.39 is 0 Å². The van der Waals surface area contributed by atoms with Gasteiger partial charge >= 0.3 is 0 Å². The highest BCUT2D eigenvalue weighted by Gasteiger charge is 2.24. The van der Waals surface area contributed by atoms with E-state index in [4.69, 9.17) is 0 Å². The van der Waals surface area contributed by atoms with Crippen molar-refractivity contribution in [3.8, 4) is 11.4 Å². The number of halogens is 2. The van der Waals surface area contributed by atoms with Crippen LogP contribution in [0.2, 0.25) is 0 Å². The third kappa shape index (κ3) is 2.32. The van der Waals surface area contributed by atoms with Crippen LogP contribution >= 0.6 is 15.9 Å². The molecule has 2 aromatic rings. The minimum Gasteiger partial charge on any atom is -0.305 e. The monoisotopic (exact) mass is 311 g/mol. The first kappa shape index (κ1) is 13.2. The molecule has 1 aromatic heterocycles. The Kier molecular flexibility index (Phi) is 3.52. The Labute approximate surface area is 114 Å². The first-order valence-corrected chi connectivity index (χ1v) is 6.83. The minimum atomic E-state index is -0.281. The number of aromatic nitrogens is 3. The smallest absolute Gasteiger partial charge is 0.167 e. The van der Waals surface area contributed by atoms with Gasteiger partial charge in [-0.05, 0) is 32.9 Å². The first-order valence-electron chi connectivity index (χ1n) is 5.71. The van der Waals surface area contributed by atoms with E-state index in [0.717, 1.165) is 5.82 Å². The molecule has 5 heteroatoms. The highest BCUT2D eigenvalue weighted by Crippen LogP contribution is 2.28. The summed E-state index contributed by atoms with van der Waals surface area (Å²) in [4.78, 5) is 0. The molecule has 0 aliphatic rings. The van der Waals surface area contributed by atoms with Crippen LogP contribution in [0, 0.1) is 5.82 Å². The van der Waals surface area contributed by atoms with Crippen molar-refractivity contribution >= 4 is 15.9 Å². The van der Waals surface area contributed by atoms with E-state index in [-0.39, 0.29) is 11.4 Å². The van der Waals surface area contributed by atoms with Crippen LogP contribution in [-0.2, 0) is 10.9 Å². The third-order valence-corrected chi connectivity index (χ3v) is 3.14. The van der Waals surface area contributed by atoms with Crippen molar-refractivity contribution in [2.45, 2.75) is 31.6 Å². The van der Waals surface area contributed by atoms with Crippen LogP contribution < -0.4 is 0 Å². The topological polar surface area (TPSA) is 30.7 Å². The lowest BCUT2D eigenvalue weighted by Gasteiger charge is -2.24. The molecule has 0 unspecified atom stereocenters. The SMILES string of the molecule is CC(C)(C)n1c(CBr)nnc1-c1ccccc1F. The fraction of sp³-hybridized carbons (Fsp3) is 0.385. The Hall–Kier alpha value is -1.23. The first-order chi connectivity index (χ1) is 8.45. The molecule has 0 N–H and O–H groups in total. The maximum Gasteiger partial charge on any atom is 0.167 e. The molecule has 1 heterocycles. The molecule has 96 valence electrons. The fourth-order valence-corrected chi connectivity index (χ4v) is 2.29. The number of rotatable bonds is 2. The molecule has 1 aromatic carbocycles. The van der Waals surface area contributed by atoms with Gasteiger partial charge in [0.15, 0.2) is 5.82 Å². The zero-order valence-corrected chi connectivity index (χ0v) is 12.2. The Morgan fingerprint density at radius 1 is 1.22 bits per heavy atom. The van der Waals surface area contributed by atoms with E-state index in [0.29, 0.717) is 16.7 Å². The molecule has 0 fully saturated rings. The number of benzene rings is 1. The van der Waals surface area contributed by atoms with Gasteiger partial charge in [0.05, 0.1) is 10.9 Å². The van der Waals surface area contributed by atoms with Gasteiger partial charge in [-0.1, -0.05) is 28.1 Å². The van der Waals surface area contributed by atoms with E-state index in [1.807, 2.05) is 25.3 Å². The fourth-order valence-electron chi connectivity index (χ4n) is 1.92. The maximum atomic E-state index is 13.9. The van der Waals surface area contributed by atoms with Crippen LogP contribution in [0.5, 0.6) is 0 Å². The summed E-state index contributed by atoms with van der Waals surface area (Å²) in [6.45, 7) is 6.15. The van der Waals surface area contributed by atoms with Crippen molar-refractivity contribution in [2.75, 3.05) is 0 Å². The lowest BCUT2D eigenvalue weighted by Crippen LogP contribution is -2.25. The summed E-state index contributed by atoms with van der Waals surface area (Å²) < 4.78 is 15.8. The van der Waals surface area contributed by atoms with Gasteiger partial charge in [0.1, 0.15) is 11.6 Å². The standard InChI is InChI=1S/C13H15BrFN3/c1-13(2,3)18-11(8-14)16-17-12(18)9-6-4-5-7-10(9)15/h4-7H,8H2,1-3H3. The normalized spacial score (nSPS) is 11.8. The largest absolute Gasteiger partial charge is 0.305 e. The molecule has 0 radical (unpaired) electrons. The lowest BCUT2D eigenvalue weighted by molar-refractivity contribution is 0.390. The number of nitrogens with zero attached hydrogens (tertiary/aromatic N) is 3. The molecule has 18 heavy (non-hydrogen) atoms. The summed E-state index contributed by atoms with van der Waals surface area (Å²) >= 11 is 3.39. The van der Waals surface area contributed by atoms with Crippen molar-refractivity contribution in [3.63, 3.8) is 0 Å². The molecule has 0 bridgehead atoms. The lowest BCUT2D eigenvalue weighted by atomic mass is 10.1. The van der Waals surface area contributed by atoms with Gasteiger partial charge in [-0.2, -0.15) is 0 Å². The van der Waals surface area contributed by atoms with Gasteiger partial charge in [0.2, 0.25) is 0 Å². The van der Waals surface area contributed by atoms with Gasteiger partial charge in [-0.15, -0.1) is 10.2 Å². The molecule has 0 saturated heterocycles. The summed E-state index contributed by atoms with van der Waals surface area (Å²) in [5.74, 6) is 1.08. The molecule has 0 atom stereocenters. The summed E-state index contributed by atoms with van der Waals surface area (Å²) in [6.07, 6.45) is 0. The second-order valence-corrected chi connectivity index (χ2v) is 5.62.